The van der Waals surface area contributed by atoms with E-state index in [4.69, 9.17) is 34.4 Å². The monoisotopic (exact) mass is 589 g/mol. The first-order valence-electron chi connectivity index (χ1n) is 10.8. The van der Waals surface area contributed by atoms with Gasteiger partial charge in [0.2, 0.25) is 0 Å². The van der Waals surface area contributed by atoms with Gasteiger partial charge in [0.25, 0.3) is 0 Å². The molecule has 3 heterocycles. The molecule has 0 saturated carbocycles. The standard InChI is InChI=1S/C11H12N2S.C6H9ClN2O3S.C6H8ClNS/c1-8-11(14-7-13-8)10(12)9-5-3-2-4-6-9;1-5-6(13-4-8-5)2-3-11-9(10)12-7;1-5-6(2-3-7)9-4-8-5/h2-7,10H,12H2,1H3;4,10H,2-3H2,1H3;4H,2-3H2,1H3. The van der Waals surface area contributed by atoms with Gasteiger partial charge in [0, 0.05) is 26.9 Å². The summed E-state index contributed by atoms with van der Waals surface area (Å²) < 4.78 is 3.83. The van der Waals surface area contributed by atoms with Crippen LogP contribution in [0, 0.1) is 20.8 Å². The van der Waals surface area contributed by atoms with E-state index in [1.165, 1.54) is 4.88 Å². The molecule has 4 rings (SSSR count). The number of nitrogens with zero attached hydrogens (tertiary/aromatic N) is 4. The normalized spacial score (nSPS) is 11.4. The molecule has 0 fully saturated rings. The maximum absolute atomic E-state index is 8.60. The number of benzene rings is 1. The lowest BCUT2D eigenvalue weighted by Gasteiger charge is -2.10. The Balaban J connectivity index is 0.000000195. The van der Waals surface area contributed by atoms with Gasteiger partial charge in [-0.1, -0.05) is 30.3 Å². The van der Waals surface area contributed by atoms with E-state index in [9.17, 15) is 0 Å². The third-order valence-corrected chi connectivity index (χ3v) is 8.14. The minimum Gasteiger partial charge on any atom is -0.320 e. The molecule has 8 nitrogen and oxygen atoms in total. The highest BCUT2D eigenvalue weighted by Crippen LogP contribution is 2.25. The minimum absolute atomic E-state index is 0.0382. The molecule has 3 aromatic heterocycles. The van der Waals surface area contributed by atoms with Crippen LogP contribution >= 0.6 is 57.5 Å². The van der Waals surface area contributed by atoms with Crippen LogP contribution in [0.4, 0.5) is 0 Å². The van der Waals surface area contributed by atoms with E-state index in [-0.39, 0.29) is 18.0 Å². The molecule has 0 saturated heterocycles. The largest absolute Gasteiger partial charge is 0.320 e. The summed E-state index contributed by atoms with van der Waals surface area (Å²) in [5.41, 5.74) is 15.9. The van der Waals surface area contributed by atoms with Gasteiger partial charge in [-0.25, -0.2) is 19.8 Å². The number of hydrogen-bond donors (Lipinski definition) is 2. The fourth-order valence-electron chi connectivity index (χ4n) is 2.88. The fourth-order valence-corrected chi connectivity index (χ4v) is 5.59. The molecule has 0 bridgehead atoms. The van der Waals surface area contributed by atoms with Crippen molar-refractivity contribution in [2.75, 3.05) is 12.5 Å². The smallest absolute Gasteiger partial charge is 0.0918 e. The van der Waals surface area contributed by atoms with Crippen LogP contribution in [0.25, 0.3) is 0 Å². The summed E-state index contributed by atoms with van der Waals surface area (Å²) in [6, 6.07) is 10.1. The Morgan fingerprint density at radius 1 is 0.917 bits per heavy atom. The third kappa shape index (κ3) is 10.5. The summed E-state index contributed by atoms with van der Waals surface area (Å²) in [5.74, 6) is 0.697. The Bertz CT molecular complexity index is 1130. The number of hydrogen-bond acceptors (Lipinski definition) is 11. The van der Waals surface area contributed by atoms with Crippen molar-refractivity contribution in [3.63, 3.8) is 0 Å². The van der Waals surface area contributed by atoms with Gasteiger partial charge in [0.05, 0.1) is 63.5 Å². The zero-order valence-electron chi connectivity index (χ0n) is 20.1. The molecule has 1 unspecified atom stereocenters. The van der Waals surface area contributed by atoms with E-state index in [1.807, 2.05) is 62.1 Å². The first-order valence-corrected chi connectivity index (χ1v) is 14.3. The summed E-state index contributed by atoms with van der Waals surface area (Å²) in [7, 11) is 0. The van der Waals surface area contributed by atoms with Gasteiger partial charge in [-0.2, -0.15) is 0 Å². The Morgan fingerprint density at radius 2 is 1.47 bits per heavy atom. The van der Waals surface area contributed by atoms with E-state index < -0.39 is 0 Å². The summed E-state index contributed by atoms with van der Waals surface area (Å²) in [6.45, 7) is 6.21. The number of nitrogens with two attached hydrogens (primary N) is 1. The molecule has 1 atom stereocenters. The highest BCUT2D eigenvalue weighted by atomic mass is 35.5. The Hall–Kier alpha value is -1.51. The lowest BCUT2D eigenvalue weighted by molar-refractivity contribution is -0.472. The summed E-state index contributed by atoms with van der Waals surface area (Å²) in [5, 5.41) is 8.71. The van der Waals surface area contributed by atoms with Gasteiger partial charge < -0.3 is 5.73 Å². The molecule has 36 heavy (non-hydrogen) atoms. The van der Waals surface area contributed by atoms with Gasteiger partial charge in [0.15, 0.2) is 0 Å². The highest BCUT2D eigenvalue weighted by molar-refractivity contribution is 7.10. The van der Waals surface area contributed by atoms with Crippen LogP contribution in [-0.4, -0.2) is 38.0 Å². The van der Waals surface area contributed by atoms with Gasteiger partial charge in [-0.3, -0.25) is 5.21 Å². The van der Waals surface area contributed by atoms with Crippen molar-refractivity contribution >= 4 is 57.5 Å². The van der Waals surface area contributed by atoms with Gasteiger partial charge >= 0.3 is 0 Å². The van der Waals surface area contributed by atoms with E-state index in [2.05, 4.69) is 24.2 Å². The van der Waals surface area contributed by atoms with Gasteiger partial charge in [0.1, 0.15) is 0 Å². The van der Waals surface area contributed by atoms with Crippen molar-refractivity contribution < 1.29 is 14.4 Å². The second-order valence-corrected chi connectivity index (χ2v) is 10.5. The van der Waals surface area contributed by atoms with Crippen LogP contribution in [0.3, 0.4) is 0 Å². The average Bonchev–Trinajstić information content (AvgIpc) is 3.62. The second-order valence-electron chi connectivity index (χ2n) is 7.24. The van der Waals surface area contributed by atoms with E-state index in [0.29, 0.717) is 12.3 Å². The van der Waals surface area contributed by atoms with Crippen LogP contribution in [0.5, 0.6) is 0 Å². The zero-order valence-corrected chi connectivity index (χ0v) is 24.1. The lowest BCUT2D eigenvalue weighted by Crippen LogP contribution is -2.17. The molecule has 4 aromatic rings. The molecule has 0 aliphatic rings. The van der Waals surface area contributed by atoms with Gasteiger partial charge in [-0.15, -0.1) is 50.0 Å². The average molecular weight is 591 g/mol. The Morgan fingerprint density at radius 3 is 1.94 bits per heavy atom. The van der Waals surface area contributed by atoms with Crippen LogP contribution in [0.15, 0.2) is 46.9 Å². The number of aromatic nitrogens is 3. The maximum Gasteiger partial charge on any atom is 0.0918 e. The quantitative estimate of drug-likeness (QED) is 0.170. The third-order valence-electron chi connectivity index (χ3n) is 4.82. The molecule has 0 aliphatic heterocycles. The van der Waals surface area contributed by atoms with Crippen LogP contribution in [-0.2, 0) is 22.1 Å². The molecular weight excluding hydrogens is 561 g/mol. The predicted molar refractivity (Wildman–Crippen MR) is 148 cm³/mol. The van der Waals surface area contributed by atoms with Crippen molar-refractivity contribution in [2.45, 2.75) is 39.7 Å². The van der Waals surface area contributed by atoms with Crippen LogP contribution in [0.2, 0.25) is 0 Å². The van der Waals surface area contributed by atoms with Crippen molar-refractivity contribution in [3.8, 4) is 0 Å². The van der Waals surface area contributed by atoms with E-state index in [0.717, 1.165) is 38.8 Å². The number of thiazole rings is 3. The van der Waals surface area contributed by atoms with Crippen molar-refractivity contribution in [1.82, 2.24) is 20.3 Å². The molecule has 3 N–H and O–H groups in total. The molecular formula is C23H29Cl2N5O3S3. The number of alkyl halides is 1. The first-order chi connectivity index (χ1) is 17.4. The molecule has 0 aliphatic carbocycles. The topological polar surface area (TPSA) is 107 Å². The summed E-state index contributed by atoms with van der Waals surface area (Å²) in [4.78, 5) is 20.6. The molecule has 1 aromatic carbocycles. The van der Waals surface area contributed by atoms with E-state index in [1.54, 1.807) is 39.5 Å². The molecule has 0 radical (unpaired) electrons. The molecule has 0 amide bonds. The van der Waals surface area contributed by atoms with Crippen LogP contribution in [0.1, 0.15) is 43.3 Å². The molecule has 0 spiro atoms. The second kappa shape index (κ2) is 17.1. The highest BCUT2D eigenvalue weighted by Gasteiger charge is 2.12. The number of aryl methyl sites for hydroxylation is 4. The van der Waals surface area contributed by atoms with Crippen molar-refractivity contribution in [2.24, 2.45) is 5.73 Å². The van der Waals surface area contributed by atoms with Crippen LogP contribution < -0.4 is 5.73 Å². The van der Waals surface area contributed by atoms with Gasteiger partial charge in [-0.05, 0) is 32.8 Å². The zero-order chi connectivity index (χ0) is 26.3. The summed E-state index contributed by atoms with van der Waals surface area (Å²) >= 11 is 15.2. The predicted octanol–water partition coefficient (Wildman–Crippen LogP) is 6.43. The maximum atomic E-state index is 8.60. The molecule has 196 valence electrons. The number of rotatable bonds is 9. The molecule has 13 heteroatoms. The van der Waals surface area contributed by atoms with Crippen molar-refractivity contribution in [1.29, 1.82) is 0 Å². The first kappa shape index (κ1) is 30.7. The summed E-state index contributed by atoms with van der Waals surface area (Å²) in [6.07, 6.45) is 1.62. The Kier molecular flexibility index (Phi) is 14.6. The van der Waals surface area contributed by atoms with Crippen molar-refractivity contribution in [3.05, 3.63) is 84.1 Å². The Labute approximate surface area is 233 Å². The lowest BCUT2D eigenvalue weighted by atomic mass is 10.1. The SMILES string of the molecule is Cc1ncsc1C(N)c1ccccc1.Cc1ncsc1CCCl.Cc1ncsc1CCON(O)OCl. The number of halogens is 2. The fraction of sp³-hybridized carbons (Fsp3) is 0.348. The minimum atomic E-state index is -0.0382. The van der Waals surface area contributed by atoms with E-state index >= 15 is 0 Å².